The summed E-state index contributed by atoms with van der Waals surface area (Å²) in [7, 11) is 1.55. The molecule has 1 N–H and O–H groups in total. The van der Waals surface area contributed by atoms with Crippen molar-refractivity contribution in [1.82, 2.24) is 10.3 Å². The second-order valence-electron chi connectivity index (χ2n) is 4.31. The normalized spacial score (nSPS) is 10.4. The minimum Gasteiger partial charge on any atom is -0.481 e. The molecule has 1 heterocycles. The second kappa shape index (κ2) is 7.01. The van der Waals surface area contributed by atoms with Gasteiger partial charge in [0.2, 0.25) is 5.88 Å². The highest BCUT2D eigenvalue weighted by atomic mass is 35.5. The average Bonchev–Trinajstić information content (AvgIpc) is 2.47. The van der Waals surface area contributed by atoms with Crippen molar-refractivity contribution in [3.8, 4) is 5.88 Å². The standard InChI is InChI=1S/C14H14ClN3O3/c1-21-14-10(3-2-6-17-14)8-16-9-11-7-12(15)4-5-13(11)18(19)20/h2-7,16H,8-9H2,1H3. The number of nitro groups is 1. The molecule has 0 saturated carbocycles. The highest BCUT2D eigenvalue weighted by Gasteiger charge is 2.13. The molecule has 0 fully saturated rings. The van der Waals surface area contributed by atoms with Gasteiger partial charge >= 0.3 is 0 Å². The summed E-state index contributed by atoms with van der Waals surface area (Å²) in [6, 6.07) is 8.19. The molecule has 7 heteroatoms. The first-order valence-corrected chi connectivity index (χ1v) is 6.61. The Balaban J connectivity index is 2.07. The molecule has 0 aliphatic heterocycles. The molecule has 110 valence electrons. The molecule has 0 aliphatic carbocycles. The minimum atomic E-state index is -0.419. The lowest BCUT2D eigenvalue weighted by molar-refractivity contribution is -0.385. The molecule has 1 aromatic heterocycles. The Labute approximate surface area is 126 Å². The van der Waals surface area contributed by atoms with E-state index in [2.05, 4.69) is 10.3 Å². The van der Waals surface area contributed by atoms with Crippen molar-refractivity contribution in [3.05, 3.63) is 62.8 Å². The Hall–Kier alpha value is -2.18. The zero-order chi connectivity index (χ0) is 15.2. The Kier molecular flexibility index (Phi) is 5.08. The molecule has 0 atom stereocenters. The number of hydrogen-bond donors (Lipinski definition) is 1. The van der Waals surface area contributed by atoms with E-state index in [9.17, 15) is 10.1 Å². The minimum absolute atomic E-state index is 0.0463. The van der Waals surface area contributed by atoms with Crippen LogP contribution in [0.25, 0.3) is 0 Å². The van der Waals surface area contributed by atoms with E-state index in [1.807, 2.05) is 6.07 Å². The molecule has 6 nitrogen and oxygen atoms in total. The van der Waals surface area contributed by atoms with Crippen LogP contribution in [0.3, 0.4) is 0 Å². The van der Waals surface area contributed by atoms with Gasteiger partial charge in [0, 0.05) is 41.5 Å². The quantitative estimate of drug-likeness (QED) is 0.656. The van der Waals surface area contributed by atoms with E-state index in [1.54, 1.807) is 25.4 Å². The number of nitro benzene ring substituents is 1. The maximum atomic E-state index is 11.0. The summed E-state index contributed by atoms with van der Waals surface area (Å²) in [6.07, 6.45) is 1.64. The Bertz CT molecular complexity index is 649. The molecule has 0 aliphatic rings. The Morgan fingerprint density at radius 3 is 2.81 bits per heavy atom. The van der Waals surface area contributed by atoms with Gasteiger partial charge < -0.3 is 10.1 Å². The fourth-order valence-corrected chi connectivity index (χ4v) is 2.14. The van der Waals surface area contributed by atoms with Gasteiger partial charge in [-0.05, 0) is 18.2 Å². The van der Waals surface area contributed by atoms with Crippen LogP contribution in [0.15, 0.2) is 36.5 Å². The van der Waals surface area contributed by atoms with Gasteiger partial charge in [0.05, 0.1) is 12.0 Å². The van der Waals surface area contributed by atoms with Gasteiger partial charge in [-0.3, -0.25) is 10.1 Å². The van der Waals surface area contributed by atoms with Crippen LogP contribution in [-0.4, -0.2) is 17.0 Å². The zero-order valence-electron chi connectivity index (χ0n) is 11.4. The van der Waals surface area contributed by atoms with Crippen LogP contribution < -0.4 is 10.1 Å². The summed E-state index contributed by atoms with van der Waals surface area (Å²) in [5.41, 5.74) is 1.46. The summed E-state index contributed by atoms with van der Waals surface area (Å²) in [4.78, 5) is 14.6. The molecule has 0 amide bonds. The predicted molar refractivity (Wildman–Crippen MR) is 79.4 cm³/mol. The molecule has 21 heavy (non-hydrogen) atoms. The topological polar surface area (TPSA) is 77.3 Å². The largest absolute Gasteiger partial charge is 0.481 e. The summed E-state index contributed by atoms with van der Waals surface area (Å²) in [6.45, 7) is 0.815. The Morgan fingerprint density at radius 1 is 1.33 bits per heavy atom. The number of rotatable bonds is 6. The number of pyridine rings is 1. The summed E-state index contributed by atoms with van der Waals surface area (Å²) in [5.74, 6) is 0.533. The van der Waals surface area contributed by atoms with Gasteiger partial charge in [0.25, 0.3) is 5.69 Å². The summed E-state index contributed by atoms with van der Waals surface area (Å²) in [5, 5.41) is 14.6. The number of halogens is 1. The van der Waals surface area contributed by atoms with Crippen LogP contribution in [0, 0.1) is 10.1 Å². The lowest BCUT2D eigenvalue weighted by Gasteiger charge is -2.09. The molecule has 0 spiro atoms. The lowest BCUT2D eigenvalue weighted by Crippen LogP contribution is -2.14. The number of nitrogens with zero attached hydrogens (tertiary/aromatic N) is 2. The molecular weight excluding hydrogens is 294 g/mol. The van der Waals surface area contributed by atoms with Gasteiger partial charge in [-0.25, -0.2) is 4.98 Å². The Morgan fingerprint density at radius 2 is 2.10 bits per heavy atom. The van der Waals surface area contributed by atoms with Gasteiger partial charge in [-0.15, -0.1) is 0 Å². The van der Waals surface area contributed by atoms with Gasteiger partial charge in [-0.1, -0.05) is 17.7 Å². The van der Waals surface area contributed by atoms with E-state index < -0.39 is 4.92 Å². The fraction of sp³-hybridized carbons (Fsp3) is 0.214. The predicted octanol–water partition coefficient (Wildman–Crippen LogP) is 2.94. The molecule has 2 aromatic rings. The van der Waals surface area contributed by atoms with Crippen LogP contribution in [0.5, 0.6) is 5.88 Å². The van der Waals surface area contributed by atoms with E-state index in [0.717, 1.165) is 5.56 Å². The van der Waals surface area contributed by atoms with Gasteiger partial charge in [0.1, 0.15) is 0 Å². The number of hydrogen-bond acceptors (Lipinski definition) is 5. The SMILES string of the molecule is COc1ncccc1CNCc1cc(Cl)ccc1[N+](=O)[O-]. The summed E-state index contributed by atoms with van der Waals surface area (Å²) >= 11 is 5.88. The highest BCUT2D eigenvalue weighted by molar-refractivity contribution is 6.30. The first-order chi connectivity index (χ1) is 10.1. The van der Waals surface area contributed by atoms with Crippen molar-refractivity contribution >= 4 is 17.3 Å². The second-order valence-corrected chi connectivity index (χ2v) is 4.74. The van der Waals surface area contributed by atoms with Gasteiger partial charge in [0.15, 0.2) is 0 Å². The van der Waals surface area contributed by atoms with E-state index >= 15 is 0 Å². The van der Waals surface area contributed by atoms with Crippen molar-refractivity contribution in [2.24, 2.45) is 0 Å². The molecule has 1 aromatic carbocycles. The van der Waals surface area contributed by atoms with E-state index in [-0.39, 0.29) is 5.69 Å². The van der Waals surface area contributed by atoms with Crippen molar-refractivity contribution < 1.29 is 9.66 Å². The van der Waals surface area contributed by atoms with E-state index in [0.29, 0.717) is 29.6 Å². The highest BCUT2D eigenvalue weighted by Crippen LogP contribution is 2.22. The molecule has 2 rings (SSSR count). The molecule has 0 radical (unpaired) electrons. The van der Waals surface area contributed by atoms with E-state index in [1.165, 1.54) is 12.1 Å². The molecule has 0 unspecified atom stereocenters. The number of benzene rings is 1. The van der Waals surface area contributed by atoms with Crippen LogP contribution in [0.4, 0.5) is 5.69 Å². The van der Waals surface area contributed by atoms with Gasteiger partial charge in [-0.2, -0.15) is 0 Å². The number of aromatic nitrogens is 1. The lowest BCUT2D eigenvalue weighted by atomic mass is 10.1. The van der Waals surface area contributed by atoms with Crippen LogP contribution in [0.1, 0.15) is 11.1 Å². The van der Waals surface area contributed by atoms with Crippen molar-refractivity contribution in [3.63, 3.8) is 0 Å². The molecule has 0 saturated heterocycles. The molecular formula is C14H14ClN3O3. The van der Waals surface area contributed by atoms with Crippen molar-refractivity contribution in [2.45, 2.75) is 13.1 Å². The van der Waals surface area contributed by atoms with Crippen LogP contribution >= 0.6 is 11.6 Å². The number of nitrogens with one attached hydrogen (secondary N) is 1. The number of ether oxygens (including phenoxy) is 1. The third kappa shape index (κ3) is 3.90. The smallest absolute Gasteiger partial charge is 0.273 e. The third-order valence-electron chi connectivity index (χ3n) is 2.91. The van der Waals surface area contributed by atoms with Crippen molar-refractivity contribution in [2.75, 3.05) is 7.11 Å². The maximum absolute atomic E-state index is 11.0. The molecule has 0 bridgehead atoms. The average molecular weight is 308 g/mol. The van der Waals surface area contributed by atoms with Crippen LogP contribution in [-0.2, 0) is 13.1 Å². The monoisotopic (exact) mass is 307 g/mol. The van der Waals surface area contributed by atoms with Crippen molar-refractivity contribution in [1.29, 1.82) is 0 Å². The first kappa shape index (κ1) is 15.2. The maximum Gasteiger partial charge on any atom is 0.273 e. The van der Waals surface area contributed by atoms with E-state index in [4.69, 9.17) is 16.3 Å². The fourth-order valence-electron chi connectivity index (χ4n) is 1.95. The first-order valence-electron chi connectivity index (χ1n) is 6.23. The zero-order valence-corrected chi connectivity index (χ0v) is 12.1. The van der Waals surface area contributed by atoms with Crippen LogP contribution in [0.2, 0.25) is 5.02 Å². The third-order valence-corrected chi connectivity index (χ3v) is 3.15. The summed E-state index contributed by atoms with van der Waals surface area (Å²) < 4.78 is 5.15. The number of methoxy groups -OCH3 is 1.